The quantitative estimate of drug-likeness (QED) is 0.795. The van der Waals surface area contributed by atoms with Crippen molar-refractivity contribution in [2.24, 2.45) is 5.10 Å². The largest absolute Gasteiger partial charge is 0.508 e. The number of aromatic nitrogens is 3. The summed E-state index contributed by atoms with van der Waals surface area (Å²) >= 11 is 1.59. The van der Waals surface area contributed by atoms with Crippen LogP contribution in [-0.2, 0) is 0 Å². The van der Waals surface area contributed by atoms with E-state index in [0.717, 1.165) is 33.5 Å². The Balaban J connectivity index is 1.77. The van der Waals surface area contributed by atoms with Gasteiger partial charge in [0.1, 0.15) is 11.5 Å². The van der Waals surface area contributed by atoms with E-state index in [2.05, 4.69) is 10.2 Å². The lowest BCUT2D eigenvalue weighted by Crippen LogP contribution is -2.13. The third-order valence-corrected chi connectivity index (χ3v) is 4.63. The van der Waals surface area contributed by atoms with Crippen molar-refractivity contribution >= 4 is 17.5 Å². The van der Waals surface area contributed by atoms with Gasteiger partial charge in [0.05, 0.1) is 12.8 Å². The molecule has 2 aromatic carbocycles. The first-order valence-electron chi connectivity index (χ1n) is 7.34. The first-order chi connectivity index (χ1) is 11.7. The van der Waals surface area contributed by atoms with Gasteiger partial charge in [-0.2, -0.15) is 9.78 Å². The van der Waals surface area contributed by atoms with Crippen LogP contribution in [0.2, 0.25) is 0 Å². The Morgan fingerprint density at radius 1 is 1.08 bits per heavy atom. The van der Waals surface area contributed by atoms with Crippen LogP contribution in [0.5, 0.6) is 11.5 Å². The molecule has 0 unspecified atom stereocenters. The third kappa shape index (κ3) is 2.63. The summed E-state index contributed by atoms with van der Waals surface area (Å²) < 4.78 is 7.03. The maximum atomic E-state index is 9.45. The van der Waals surface area contributed by atoms with E-state index in [-0.39, 0.29) is 5.75 Å². The number of hydrogen-bond donors (Lipinski definition) is 1. The second kappa shape index (κ2) is 6.01. The molecule has 0 amide bonds. The zero-order chi connectivity index (χ0) is 16.5. The molecule has 1 aliphatic heterocycles. The molecule has 2 heterocycles. The summed E-state index contributed by atoms with van der Waals surface area (Å²) in [4.78, 5) is 0. The van der Waals surface area contributed by atoms with Gasteiger partial charge in [0.25, 0.3) is 0 Å². The minimum absolute atomic E-state index is 0.215. The molecule has 4 rings (SSSR count). The van der Waals surface area contributed by atoms with Crippen LogP contribution in [0.1, 0.15) is 5.56 Å². The number of phenols is 1. The van der Waals surface area contributed by atoms with E-state index in [1.807, 2.05) is 24.3 Å². The Morgan fingerprint density at radius 2 is 1.92 bits per heavy atom. The number of aromatic hydroxyl groups is 1. The number of benzene rings is 2. The van der Waals surface area contributed by atoms with Crippen molar-refractivity contribution in [3.05, 3.63) is 54.1 Å². The van der Waals surface area contributed by atoms with Crippen LogP contribution in [-0.4, -0.2) is 38.6 Å². The molecule has 0 fully saturated rings. The van der Waals surface area contributed by atoms with Gasteiger partial charge < -0.3 is 9.84 Å². The van der Waals surface area contributed by atoms with E-state index in [9.17, 15) is 5.11 Å². The highest BCUT2D eigenvalue weighted by molar-refractivity contribution is 7.99. The fourth-order valence-electron chi connectivity index (χ4n) is 2.46. The zero-order valence-electron chi connectivity index (χ0n) is 12.9. The Labute approximate surface area is 142 Å². The van der Waals surface area contributed by atoms with Crippen LogP contribution in [0, 0.1) is 0 Å². The van der Waals surface area contributed by atoms with Crippen LogP contribution < -0.4 is 4.74 Å². The van der Waals surface area contributed by atoms with Gasteiger partial charge in [0.15, 0.2) is 5.82 Å². The molecule has 0 saturated carbocycles. The van der Waals surface area contributed by atoms with Crippen LogP contribution in [0.3, 0.4) is 0 Å². The number of rotatable bonds is 3. The fraction of sp³-hybridized carbons (Fsp3) is 0.118. The van der Waals surface area contributed by atoms with E-state index in [0.29, 0.717) is 5.82 Å². The zero-order valence-corrected chi connectivity index (χ0v) is 13.7. The van der Waals surface area contributed by atoms with E-state index < -0.39 is 0 Å². The second-order valence-corrected chi connectivity index (χ2v) is 6.17. The van der Waals surface area contributed by atoms with Gasteiger partial charge in [-0.25, -0.2) is 0 Å². The molecule has 1 aromatic heterocycles. The summed E-state index contributed by atoms with van der Waals surface area (Å²) in [6, 6.07) is 14.7. The maximum Gasteiger partial charge on any atom is 0.212 e. The summed E-state index contributed by atoms with van der Waals surface area (Å²) in [5.74, 6) is 2.39. The van der Waals surface area contributed by atoms with E-state index in [1.54, 1.807) is 47.8 Å². The summed E-state index contributed by atoms with van der Waals surface area (Å²) in [6.07, 6.45) is 0. The topological polar surface area (TPSA) is 72.5 Å². The molecular formula is C17H14N4O2S. The molecule has 1 aliphatic rings. The van der Waals surface area contributed by atoms with Crippen molar-refractivity contribution in [1.82, 2.24) is 14.9 Å². The summed E-state index contributed by atoms with van der Waals surface area (Å²) in [5.41, 5.74) is 2.80. The molecule has 0 bridgehead atoms. The van der Waals surface area contributed by atoms with Crippen LogP contribution in [0.25, 0.3) is 11.4 Å². The van der Waals surface area contributed by atoms with Crippen LogP contribution in [0.4, 0.5) is 0 Å². The van der Waals surface area contributed by atoms with Crippen molar-refractivity contribution < 1.29 is 9.84 Å². The van der Waals surface area contributed by atoms with Gasteiger partial charge in [0, 0.05) is 16.9 Å². The Hall–Kier alpha value is -2.80. The van der Waals surface area contributed by atoms with Gasteiger partial charge >= 0.3 is 0 Å². The van der Waals surface area contributed by atoms with Crippen molar-refractivity contribution in [3.8, 4) is 22.9 Å². The highest BCUT2D eigenvalue weighted by Gasteiger charge is 2.20. The molecule has 7 heteroatoms. The molecule has 3 aromatic rings. The molecule has 0 aliphatic carbocycles. The van der Waals surface area contributed by atoms with Gasteiger partial charge in [-0.05, 0) is 36.4 Å². The van der Waals surface area contributed by atoms with Gasteiger partial charge in [-0.3, -0.25) is 0 Å². The van der Waals surface area contributed by atoms with Gasteiger partial charge in [0.2, 0.25) is 5.16 Å². The number of ether oxygens (including phenoxy) is 1. The number of nitrogens with zero attached hydrogens (tertiary/aromatic N) is 4. The normalized spacial score (nSPS) is 13.3. The molecule has 6 nitrogen and oxygen atoms in total. The van der Waals surface area contributed by atoms with E-state index in [4.69, 9.17) is 9.84 Å². The third-order valence-electron chi connectivity index (χ3n) is 3.70. The first-order valence-corrected chi connectivity index (χ1v) is 8.33. The number of thioether (sulfide) groups is 1. The van der Waals surface area contributed by atoms with Crippen molar-refractivity contribution in [2.45, 2.75) is 5.16 Å². The Morgan fingerprint density at radius 3 is 2.71 bits per heavy atom. The minimum atomic E-state index is 0.215. The average Bonchev–Trinajstić information content (AvgIpc) is 3.05. The molecule has 0 spiro atoms. The molecule has 24 heavy (non-hydrogen) atoms. The SMILES string of the molecule is COc1cccc(C2=Nn3c(nnc3-c3ccc(O)cc3)SC2)c1. The number of methoxy groups -OCH3 is 1. The van der Waals surface area contributed by atoms with E-state index >= 15 is 0 Å². The number of hydrogen-bond acceptors (Lipinski definition) is 6. The molecule has 1 N–H and O–H groups in total. The molecule has 0 atom stereocenters. The lowest BCUT2D eigenvalue weighted by Gasteiger charge is -2.14. The monoisotopic (exact) mass is 338 g/mol. The minimum Gasteiger partial charge on any atom is -0.508 e. The molecule has 0 radical (unpaired) electrons. The standard InChI is InChI=1S/C17H14N4O2S/c1-23-14-4-2-3-12(9-14)15-10-24-17-19-18-16(21(17)20-15)11-5-7-13(22)8-6-11/h2-9,22H,10H2,1H3. The number of fused-ring (bicyclic) bond motifs is 1. The summed E-state index contributed by atoms with van der Waals surface area (Å²) in [6.45, 7) is 0. The highest BCUT2D eigenvalue weighted by atomic mass is 32.2. The Kier molecular flexibility index (Phi) is 3.70. The summed E-state index contributed by atoms with van der Waals surface area (Å²) in [7, 11) is 1.65. The van der Waals surface area contributed by atoms with Crippen LogP contribution in [0.15, 0.2) is 58.8 Å². The summed E-state index contributed by atoms with van der Waals surface area (Å²) in [5, 5.41) is 23.4. The van der Waals surface area contributed by atoms with E-state index in [1.165, 1.54) is 0 Å². The molecular weight excluding hydrogens is 324 g/mol. The maximum absolute atomic E-state index is 9.45. The molecule has 0 saturated heterocycles. The average molecular weight is 338 g/mol. The van der Waals surface area contributed by atoms with Crippen molar-refractivity contribution in [3.63, 3.8) is 0 Å². The van der Waals surface area contributed by atoms with Crippen molar-refractivity contribution in [1.29, 1.82) is 0 Å². The first kappa shape index (κ1) is 14.8. The van der Waals surface area contributed by atoms with Crippen LogP contribution >= 0.6 is 11.8 Å². The van der Waals surface area contributed by atoms with Gasteiger partial charge in [-0.1, -0.05) is 23.9 Å². The van der Waals surface area contributed by atoms with Crippen molar-refractivity contribution in [2.75, 3.05) is 12.9 Å². The Bertz CT molecular complexity index is 919. The predicted octanol–water partition coefficient (Wildman–Crippen LogP) is 3.02. The second-order valence-electron chi connectivity index (χ2n) is 5.23. The fourth-order valence-corrected chi connectivity index (χ4v) is 3.30. The lowest BCUT2D eigenvalue weighted by molar-refractivity contribution is 0.414. The smallest absolute Gasteiger partial charge is 0.212 e. The number of phenolic OH excluding ortho intramolecular Hbond substituents is 1. The van der Waals surface area contributed by atoms with Gasteiger partial charge in [-0.15, -0.1) is 10.2 Å². The highest BCUT2D eigenvalue weighted by Crippen LogP contribution is 2.29. The molecule has 120 valence electrons. The predicted molar refractivity (Wildman–Crippen MR) is 92.8 cm³/mol. The lowest BCUT2D eigenvalue weighted by atomic mass is 10.1.